The molecule has 110 valence electrons. The van der Waals surface area contributed by atoms with Crippen LogP contribution in [0.15, 0.2) is 34.8 Å². The van der Waals surface area contributed by atoms with Gasteiger partial charge in [-0.3, -0.25) is 0 Å². The molecule has 0 saturated heterocycles. The number of rotatable bonds is 3. The first-order valence-electron chi connectivity index (χ1n) is 6.69. The smallest absolute Gasteiger partial charge is 0.125 e. The Morgan fingerprint density at radius 1 is 1.24 bits per heavy atom. The molecular formula is C16H14BrCl2NO. The quantitative estimate of drug-likeness (QED) is 0.811. The van der Waals surface area contributed by atoms with Crippen molar-refractivity contribution in [3.05, 3.63) is 61.5 Å². The molecule has 5 heteroatoms. The first kappa shape index (κ1) is 15.2. The van der Waals surface area contributed by atoms with Gasteiger partial charge in [0.1, 0.15) is 5.75 Å². The van der Waals surface area contributed by atoms with Crippen molar-refractivity contribution in [2.24, 2.45) is 5.73 Å². The van der Waals surface area contributed by atoms with E-state index in [1.807, 2.05) is 30.3 Å². The fourth-order valence-electron chi connectivity index (χ4n) is 2.60. The molecule has 2 aromatic carbocycles. The maximum Gasteiger partial charge on any atom is 0.125 e. The minimum absolute atomic E-state index is 0.134. The fourth-order valence-corrected chi connectivity index (χ4v) is 3.37. The summed E-state index contributed by atoms with van der Waals surface area (Å²) in [5.74, 6) is 0.947. The van der Waals surface area contributed by atoms with Crippen molar-refractivity contribution < 1.29 is 4.74 Å². The number of ether oxygens (including phenoxy) is 1. The SMILES string of the molecule is NC(Cc1cc(Cl)cc2c1OCC2)c1ccc(Cl)c(Br)c1. The Kier molecular flexibility index (Phi) is 4.46. The highest BCUT2D eigenvalue weighted by atomic mass is 79.9. The van der Waals surface area contributed by atoms with Crippen molar-refractivity contribution in [3.8, 4) is 5.75 Å². The van der Waals surface area contributed by atoms with E-state index in [9.17, 15) is 0 Å². The first-order valence-corrected chi connectivity index (χ1v) is 8.24. The molecule has 1 heterocycles. The van der Waals surface area contributed by atoms with Crippen molar-refractivity contribution in [1.29, 1.82) is 0 Å². The number of hydrogen-bond donors (Lipinski definition) is 1. The summed E-state index contributed by atoms with van der Waals surface area (Å²) in [6.45, 7) is 0.713. The van der Waals surface area contributed by atoms with Crippen molar-refractivity contribution in [2.75, 3.05) is 6.61 Å². The predicted octanol–water partition coefficient (Wildman–Crippen LogP) is 4.93. The molecule has 1 unspecified atom stereocenters. The largest absolute Gasteiger partial charge is 0.493 e. The van der Waals surface area contributed by atoms with Crippen molar-refractivity contribution in [2.45, 2.75) is 18.9 Å². The lowest BCUT2D eigenvalue weighted by Gasteiger charge is -2.15. The van der Waals surface area contributed by atoms with E-state index in [1.165, 1.54) is 5.56 Å². The van der Waals surface area contributed by atoms with Crippen LogP contribution < -0.4 is 10.5 Å². The van der Waals surface area contributed by atoms with E-state index < -0.39 is 0 Å². The van der Waals surface area contributed by atoms with Crippen LogP contribution in [0, 0.1) is 0 Å². The van der Waals surface area contributed by atoms with Gasteiger partial charge in [0.05, 0.1) is 11.6 Å². The second kappa shape index (κ2) is 6.17. The Morgan fingerprint density at radius 3 is 2.81 bits per heavy atom. The number of benzene rings is 2. The molecule has 0 spiro atoms. The molecule has 2 nitrogen and oxygen atoms in total. The minimum Gasteiger partial charge on any atom is -0.493 e. The Labute approximate surface area is 142 Å². The Balaban J connectivity index is 1.88. The molecule has 0 aromatic heterocycles. The van der Waals surface area contributed by atoms with Crippen LogP contribution in [0.2, 0.25) is 10.0 Å². The molecule has 3 rings (SSSR count). The summed E-state index contributed by atoms with van der Waals surface area (Å²) in [4.78, 5) is 0. The van der Waals surface area contributed by atoms with Crippen molar-refractivity contribution >= 4 is 39.1 Å². The maximum atomic E-state index is 6.33. The van der Waals surface area contributed by atoms with Crippen LogP contribution in [0.1, 0.15) is 22.7 Å². The summed E-state index contributed by atoms with van der Waals surface area (Å²) in [7, 11) is 0. The molecule has 0 fully saturated rings. The molecule has 2 N–H and O–H groups in total. The topological polar surface area (TPSA) is 35.2 Å². The molecule has 0 radical (unpaired) electrons. The van der Waals surface area contributed by atoms with Gasteiger partial charge < -0.3 is 10.5 Å². The average Bonchev–Trinajstić information content (AvgIpc) is 2.90. The van der Waals surface area contributed by atoms with E-state index in [2.05, 4.69) is 15.9 Å². The molecule has 2 aromatic rings. The van der Waals surface area contributed by atoms with Crippen LogP contribution >= 0.6 is 39.1 Å². The molecular weight excluding hydrogens is 373 g/mol. The monoisotopic (exact) mass is 385 g/mol. The molecule has 0 bridgehead atoms. The molecule has 1 aliphatic rings. The third-order valence-electron chi connectivity index (χ3n) is 3.64. The predicted molar refractivity (Wildman–Crippen MR) is 90.4 cm³/mol. The summed E-state index contributed by atoms with van der Waals surface area (Å²) in [5.41, 5.74) is 9.59. The molecule has 1 atom stereocenters. The van der Waals surface area contributed by atoms with Gasteiger partial charge >= 0.3 is 0 Å². The highest BCUT2D eigenvalue weighted by Gasteiger charge is 2.20. The van der Waals surface area contributed by atoms with Gasteiger partial charge in [-0.2, -0.15) is 0 Å². The molecule has 21 heavy (non-hydrogen) atoms. The van der Waals surface area contributed by atoms with Crippen molar-refractivity contribution in [3.63, 3.8) is 0 Å². The Bertz CT molecular complexity index is 690. The van der Waals surface area contributed by atoms with Gasteiger partial charge in [-0.1, -0.05) is 29.3 Å². The second-order valence-electron chi connectivity index (χ2n) is 5.14. The zero-order chi connectivity index (χ0) is 15.0. The van der Waals surface area contributed by atoms with Crippen LogP contribution in [0.25, 0.3) is 0 Å². The van der Waals surface area contributed by atoms with Crippen LogP contribution in [0.3, 0.4) is 0 Å². The fraction of sp³-hybridized carbons (Fsp3) is 0.250. The van der Waals surface area contributed by atoms with Gasteiger partial charge in [0, 0.05) is 22.0 Å². The van der Waals surface area contributed by atoms with Gasteiger partial charge in [-0.25, -0.2) is 0 Å². The highest BCUT2D eigenvalue weighted by Crippen LogP contribution is 2.35. The van der Waals surface area contributed by atoms with Gasteiger partial charge in [0.2, 0.25) is 0 Å². The zero-order valence-electron chi connectivity index (χ0n) is 11.2. The summed E-state index contributed by atoms with van der Waals surface area (Å²) in [5, 5.41) is 1.41. The summed E-state index contributed by atoms with van der Waals surface area (Å²) in [6, 6.07) is 9.53. The summed E-state index contributed by atoms with van der Waals surface area (Å²) >= 11 is 15.6. The number of hydrogen-bond acceptors (Lipinski definition) is 2. The molecule has 1 aliphatic heterocycles. The van der Waals surface area contributed by atoms with E-state index in [0.717, 1.165) is 32.8 Å². The van der Waals surface area contributed by atoms with E-state index in [0.29, 0.717) is 18.1 Å². The summed E-state index contributed by atoms with van der Waals surface area (Å²) < 4.78 is 6.57. The van der Waals surface area contributed by atoms with E-state index in [4.69, 9.17) is 33.7 Å². The Morgan fingerprint density at radius 2 is 2.05 bits per heavy atom. The second-order valence-corrected chi connectivity index (χ2v) is 6.83. The van der Waals surface area contributed by atoms with Crippen molar-refractivity contribution in [1.82, 2.24) is 0 Å². The van der Waals surface area contributed by atoms with Gasteiger partial charge in [0.25, 0.3) is 0 Å². The molecule has 0 saturated carbocycles. The van der Waals surface area contributed by atoms with Crippen LogP contribution in [0.5, 0.6) is 5.75 Å². The normalized spacial score (nSPS) is 14.7. The van der Waals surface area contributed by atoms with Crippen LogP contribution in [-0.4, -0.2) is 6.61 Å². The third kappa shape index (κ3) is 3.21. The van der Waals surface area contributed by atoms with Crippen LogP contribution in [0.4, 0.5) is 0 Å². The summed E-state index contributed by atoms with van der Waals surface area (Å²) in [6.07, 6.45) is 1.58. The van der Waals surface area contributed by atoms with Gasteiger partial charge in [-0.05, 0) is 63.3 Å². The Hall–Kier alpha value is -0.740. The maximum absolute atomic E-state index is 6.33. The van der Waals surface area contributed by atoms with E-state index in [1.54, 1.807) is 0 Å². The zero-order valence-corrected chi connectivity index (χ0v) is 14.3. The minimum atomic E-state index is -0.134. The molecule has 0 amide bonds. The lowest BCUT2D eigenvalue weighted by atomic mass is 9.97. The lowest BCUT2D eigenvalue weighted by molar-refractivity contribution is 0.352. The number of nitrogens with two attached hydrogens (primary N) is 1. The van der Waals surface area contributed by atoms with E-state index in [-0.39, 0.29) is 6.04 Å². The average molecular weight is 387 g/mol. The lowest BCUT2D eigenvalue weighted by Crippen LogP contribution is -2.14. The first-order chi connectivity index (χ1) is 10.0. The number of halogens is 3. The van der Waals surface area contributed by atoms with Gasteiger partial charge in [0.15, 0.2) is 0 Å². The third-order valence-corrected chi connectivity index (χ3v) is 5.07. The number of fused-ring (bicyclic) bond motifs is 1. The van der Waals surface area contributed by atoms with E-state index >= 15 is 0 Å². The highest BCUT2D eigenvalue weighted by molar-refractivity contribution is 9.10. The molecule has 0 aliphatic carbocycles. The standard InChI is InChI=1S/C16H14BrCl2NO/c17-13-7-9(1-2-14(13)19)15(20)8-11-6-12(18)5-10-3-4-21-16(10)11/h1-2,5-7,15H,3-4,8,20H2. The van der Waals surface area contributed by atoms with Crippen LogP contribution in [-0.2, 0) is 12.8 Å². The van der Waals surface area contributed by atoms with Gasteiger partial charge in [-0.15, -0.1) is 0 Å².